The highest BCUT2D eigenvalue weighted by molar-refractivity contribution is 7.92. The molecule has 4 atom stereocenters. The molecule has 11 rings (SSSR count). The van der Waals surface area contributed by atoms with E-state index in [1.54, 1.807) is 55.2 Å². The number of halogens is 1. The first kappa shape index (κ1) is 39.5. The summed E-state index contributed by atoms with van der Waals surface area (Å²) in [4.78, 5) is 47.6. The molecule has 4 aromatic heterocycles. The number of aryl methyl sites for hydroxylation is 3. The quantitative estimate of drug-likeness (QED) is 0.180. The van der Waals surface area contributed by atoms with Gasteiger partial charge in [-0.1, -0.05) is 18.1 Å². The molecule has 4 aliphatic rings. The second kappa shape index (κ2) is 14.1. The van der Waals surface area contributed by atoms with E-state index < -0.39 is 32.8 Å². The first-order chi connectivity index (χ1) is 30.2. The van der Waals surface area contributed by atoms with Crippen molar-refractivity contribution >= 4 is 26.5 Å². The van der Waals surface area contributed by atoms with Gasteiger partial charge in [0.25, 0.3) is 5.91 Å². The number of hydrogen-bond donors (Lipinski definition) is 2. The van der Waals surface area contributed by atoms with Gasteiger partial charge in [-0.15, -0.1) is 0 Å². The zero-order valence-corrected chi connectivity index (χ0v) is 36.1. The number of hydrogen-bond acceptors (Lipinski definition) is 9. The number of imidazole rings is 1. The Labute approximate surface area is 361 Å². The van der Waals surface area contributed by atoms with Crippen molar-refractivity contribution < 1.29 is 22.7 Å². The number of ether oxygens (including phenoxy) is 1. The third-order valence-corrected chi connectivity index (χ3v) is 15.9. The van der Waals surface area contributed by atoms with Gasteiger partial charge in [0, 0.05) is 60.8 Å². The smallest absolute Gasteiger partial charge is 0.381 e. The van der Waals surface area contributed by atoms with Crippen molar-refractivity contribution in [1.29, 1.82) is 4.78 Å². The van der Waals surface area contributed by atoms with Crippen molar-refractivity contribution in [2.75, 3.05) is 25.5 Å². The van der Waals surface area contributed by atoms with Crippen LogP contribution in [0, 0.1) is 30.4 Å². The Kier molecular flexibility index (Phi) is 8.84. The minimum Gasteiger partial charge on any atom is -0.381 e. The van der Waals surface area contributed by atoms with Crippen LogP contribution in [0.25, 0.3) is 28.1 Å². The lowest BCUT2D eigenvalue weighted by Crippen LogP contribution is -2.41. The number of carbonyl (C=O) groups is 1. The van der Waals surface area contributed by atoms with Crippen LogP contribution in [0.3, 0.4) is 0 Å². The van der Waals surface area contributed by atoms with Crippen LogP contribution in [0.15, 0.2) is 86.0 Å². The first-order valence-corrected chi connectivity index (χ1v) is 23.2. The van der Waals surface area contributed by atoms with Crippen molar-refractivity contribution in [3.63, 3.8) is 0 Å². The van der Waals surface area contributed by atoms with Gasteiger partial charge in [-0.25, -0.2) is 27.6 Å². The Balaban J connectivity index is 1.05. The molecule has 63 heavy (non-hydrogen) atoms. The summed E-state index contributed by atoms with van der Waals surface area (Å²) in [5, 5.41) is 10.2. The van der Waals surface area contributed by atoms with Crippen molar-refractivity contribution in [3.05, 3.63) is 139 Å². The highest BCUT2D eigenvalue weighted by Gasteiger charge is 2.59. The van der Waals surface area contributed by atoms with Crippen LogP contribution in [0.4, 0.5) is 4.39 Å². The lowest BCUT2D eigenvalue weighted by Gasteiger charge is -2.34. The molecule has 0 radical (unpaired) electrons. The summed E-state index contributed by atoms with van der Waals surface area (Å²) in [7, 11) is -2.87. The fourth-order valence-electron chi connectivity index (χ4n) is 10.5. The third-order valence-electron chi connectivity index (χ3n) is 14.0. The number of fused-ring (bicyclic) bond motifs is 3. The highest BCUT2D eigenvalue weighted by Crippen LogP contribution is 2.56. The van der Waals surface area contributed by atoms with Crippen LogP contribution >= 0.6 is 0 Å². The van der Waals surface area contributed by atoms with E-state index in [0.29, 0.717) is 101 Å². The summed E-state index contributed by atoms with van der Waals surface area (Å²) in [6.07, 6.45) is 6.64. The maximum atomic E-state index is 15.5. The maximum Gasteiger partial charge on any atom is 0.438 e. The molecule has 1 saturated heterocycles. The van der Waals surface area contributed by atoms with Crippen LogP contribution in [0.1, 0.15) is 94.9 Å². The average Bonchev–Trinajstić information content (AvgIpc) is 3.87. The van der Waals surface area contributed by atoms with Gasteiger partial charge < -0.3 is 14.2 Å². The zero-order valence-electron chi connectivity index (χ0n) is 35.3. The molecule has 1 saturated carbocycles. The molecular formula is C46H46FN9O6S. The van der Waals surface area contributed by atoms with Crippen molar-refractivity contribution in [2.24, 2.45) is 5.92 Å². The molecule has 3 aromatic carbocycles. The number of aromatic amines is 1. The van der Waals surface area contributed by atoms with Crippen LogP contribution in [0.2, 0.25) is 0 Å². The molecule has 17 heteroatoms. The number of carbonyl (C=O) groups excluding carboxylic acids is 1. The van der Waals surface area contributed by atoms with Gasteiger partial charge in [-0.05, 0) is 129 Å². The van der Waals surface area contributed by atoms with Crippen LogP contribution in [0.5, 0.6) is 0 Å². The van der Waals surface area contributed by atoms with Crippen molar-refractivity contribution in [1.82, 2.24) is 38.5 Å². The topological polar surface area (TPSA) is 179 Å². The monoisotopic (exact) mass is 871 g/mol. The predicted octanol–water partition coefficient (Wildman–Crippen LogP) is 6.60. The molecule has 2 fully saturated rings. The molecule has 1 amide bonds. The summed E-state index contributed by atoms with van der Waals surface area (Å²) >= 11 is 0. The third kappa shape index (κ3) is 5.99. The average molecular weight is 872 g/mol. The fraction of sp³-hybridized carbons (Fsp3) is 0.370. The number of rotatable bonds is 7. The van der Waals surface area contributed by atoms with Crippen LogP contribution < -0.4 is 11.4 Å². The van der Waals surface area contributed by atoms with E-state index in [1.807, 2.05) is 28.5 Å². The number of benzene rings is 3. The molecule has 3 aliphatic heterocycles. The van der Waals surface area contributed by atoms with E-state index in [9.17, 15) is 13.8 Å². The number of amides is 1. The van der Waals surface area contributed by atoms with Crippen molar-refractivity contribution in [2.45, 2.75) is 82.2 Å². The minimum atomic E-state index is -2.87. The van der Waals surface area contributed by atoms with Gasteiger partial charge in [0.1, 0.15) is 22.9 Å². The maximum absolute atomic E-state index is 15.5. The fourth-order valence-corrected chi connectivity index (χ4v) is 12.1. The number of nitrogens with zero attached hydrogens (tertiary/aromatic N) is 7. The molecule has 0 unspecified atom stereocenters. The van der Waals surface area contributed by atoms with Gasteiger partial charge in [0.15, 0.2) is 5.82 Å². The summed E-state index contributed by atoms with van der Waals surface area (Å²) < 4.78 is 53.6. The summed E-state index contributed by atoms with van der Waals surface area (Å²) in [6, 6.07) is 16.3. The first-order valence-electron chi connectivity index (χ1n) is 21.5. The van der Waals surface area contributed by atoms with E-state index in [0.717, 1.165) is 29.3 Å². The van der Waals surface area contributed by atoms with Crippen LogP contribution in [-0.4, -0.2) is 74.1 Å². The molecule has 324 valence electrons. The molecule has 1 aliphatic carbocycles. The number of aromatic nitrogens is 7. The molecular weight excluding hydrogens is 826 g/mol. The second-order valence-electron chi connectivity index (χ2n) is 17.7. The molecule has 2 N–H and O–H groups in total. The Hall–Kier alpha value is -6.33. The number of nitrogens with one attached hydrogen (secondary N) is 2. The molecule has 7 aromatic rings. The lowest BCUT2D eigenvalue weighted by molar-refractivity contribution is 0.0663. The largest absolute Gasteiger partial charge is 0.438 e. The molecule has 7 heterocycles. The Bertz CT molecular complexity index is 3270. The second-order valence-corrected chi connectivity index (χ2v) is 19.9. The molecule has 15 nitrogen and oxygen atoms in total. The Morgan fingerprint density at radius 3 is 2.43 bits per heavy atom. The number of H-pyrrole nitrogens is 1. The van der Waals surface area contributed by atoms with Gasteiger partial charge in [0.05, 0.1) is 37.7 Å². The van der Waals surface area contributed by atoms with E-state index in [-0.39, 0.29) is 23.4 Å². The predicted molar refractivity (Wildman–Crippen MR) is 231 cm³/mol. The van der Waals surface area contributed by atoms with E-state index >= 15 is 9.18 Å². The normalized spacial score (nSPS) is 23.3. The van der Waals surface area contributed by atoms with Crippen molar-refractivity contribution in [3.8, 4) is 17.2 Å². The standard InChI is InChI=1S/C46H46FN9O6S/c1-25-19-34(20-26(2)40(25)47)56-41(54-15-14-53(45(54)59)33-6-8-38-31(22-33)12-18-63(38,48)60)39-28(4)52(13-9-35(39)50-56)42(57)37-23-32-21-30(29-10-16-61-17-11-29)5-7-36(32)55(37)46(24-27(46)3)43-49-44(58)62-51-43/h5-8,14-15,19-23,27-29,48H,9-13,16-18,24H2,1-4H3,(H,49,51,58)/t27-,28-,46-,63-/m0/s1. The van der Waals surface area contributed by atoms with E-state index in [4.69, 9.17) is 19.1 Å². The highest BCUT2D eigenvalue weighted by atomic mass is 32.2. The molecule has 0 spiro atoms. The van der Waals surface area contributed by atoms with E-state index in [1.165, 1.54) is 14.7 Å². The summed E-state index contributed by atoms with van der Waals surface area (Å²) in [5.74, 6) is 0.158. The lowest BCUT2D eigenvalue weighted by atomic mass is 9.91. The van der Waals surface area contributed by atoms with Gasteiger partial charge in [-0.3, -0.25) is 23.4 Å². The summed E-state index contributed by atoms with van der Waals surface area (Å²) in [5.41, 5.74) is 5.37. The Morgan fingerprint density at radius 2 is 1.71 bits per heavy atom. The van der Waals surface area contributed by atoms with Gasteiger partial charge >= 0.3 is 11.4 Å². The minimum absolute atomic E-state index is 0.0195. The Morgan fingerprint density at radius 1 is 0.968 bits per heavy atom. The SMILES string of the molecule is Cc1cc(-n2nc3c(c2-n2ccn(-c4ccc5c(c4)CC[S@]5(=N)=O)c2=O)[C@H](C)N(C(=O)c2cc4cc(C5CCOCC5)ccc4n2[C@@]2(c4noc(=O)[nH]4)C[C@@H]2C)CC3)cc(C)c1F. The van der Waals surface area contributed by atoms with Crippen LogP contribution in [-0.2, 0) is 32.8 Å². The van der Waals surface area contributed by atoms with Gasteiger partial charge in [-0.2, -0.15) is 5.10 Å². The summed E-state index contributed by atoms with van der Waals surface area (Å²) in [6.45, 7) is 9.11. The molecule has 0 bridgehead atoms. The van der Waals surface area contributed by atoms with Gasteiger partial charge in [0.2, 0.25) is 0 Å². The van der Waals surface area contributed by atoms with E-state index in [2.05, 4.69) is 35.3 Å². The zero-order chi connectivity index (χ0) is 43.7.